The van der Waals surface area contributed by atoms with Gasteiger partial charge in [-0.3, -0.25) is 9.59 Å². The predicted molar refractivity (Wildman–Crippen MR) is 139 cm³/mol. The van der Waals surface area contributed by atoms with Crippen molar-refractivity contribution in [1.82, 2.24) is 50.5 Å². The standard InChI is InChI=1S/C5H10N2O2.2C4H6N2O.2C4H6N2S/c1-4(8)6-3-7-5(2)9;1-3-5-6-4(2)7-3;1-3-5-4(2)7-6-3;1-3-5-6-4(2)7-3;1-3-5-4(2)7-6-3/h3H2,1-2H3,(H,6,8)(H,7,9);4*1-2H3. The van der Waals surface area contributed by atoms with E-state index in [1.165, 1.54) is 25.4 Å². The van der Waals surface area contributed by atoms with Crippen LogP contribution in [0, 0.1) is 55.4 Å². The van der Waals surface area contributed by atoms with Gasteiger partial charge >= 0.3 is 0 Å². The number of aryl methyl sites for hydroxylation is 8. The minimum atomic E-state index is -0.149. The molecule has 4 aromatic rings. The van der Waals surface area contributed by atoms with Gasteiger partial charge in [-0.2, -0.15) is 9.36 Å². The second-order valence-electron chi connectivity index (χ2n) is 7.04. The number of nitrogens with one attached hydrogen (secondary N) is 2. The van der Waals surface area contributed by atoms with Gasteiger partial charge in [-0.25, -0.2) is 4.98 Å². The molecule has 0 saturated carbocycles. The number of nitrogens with zero attached hydrogens (tertiary/aromatic N) is 8. The molecule has 4 rings (SSSR count). The Morgan fingerprint density at radius 2 is 1.22 bits per heavy atom. The number of hydrogen-bond acceptors (Lipinski definition) is 14. The molecule has 0 aliphatic heterocycles. The summed E-state index contributed by atoms with van der Waals surface area (Å²) >= 11 is 3.06. The molecule has 14 nitrogen and oxygen atoms in total. The van der Waals surface area contributed by atoms with Crippen LogP contribution in [0.1, 0.15) is 58.2 Å². The molecule has 4 heterocycles. The maximum Gasteiger partial charge on any atom is 0.223 e. The lowest BCUT2D eigenvalue weighted by molar-refractivity contribution is -0.120. The maximum atomic E-state index is 10.2. The van der Waals surface area contributed by atoms with E-state index in [2.05, 4.69) is 55.0 Å². The van der Waals surface area contributed by atoms with Crippen LogP contribution < -0.4 is 10.6 Å². The zero-order valence-electron chi connectivity index (χ0n) is 22.7. The Morgan fingerprint density at radius 3 is 1.38 bits per heavy atom. The molecule has 0 aliphatic rings. The quantitative estimate of drug-likeness (QED) is 0.345. The van der Waals surface area contributed by atoms with Crippen LogP contribution in [-0.2, 0) is 9.59 Å². The SMILES string of the molecule is CC(=O)NCNC(C)=O.Cc1nnc(C)o1.Cc1nnc(C)s1.Cc1noc(C)n1.Cc1nsc(C)n1. The van der Waals surface area contributed by atoms with Crippen molar-refractivity contribution in [2.75, 3.05) is 6.67 Å². The fourth-order valence-electron chi connectivity index (χ4n) is 1.89. The molecule has 0 unspecified atom stereocenters. The third-order valence-electron chi connectivity index (χ3n) is 3.19. The van der Waals surface area contributed by atoms with E-state index in [-0.39, 0.29) is 18.5 Å². The summed E-state index contributed by atoms with van der Waals surface area (Å²) in [6, 6.07) is 0. The number of hydrogen-bond donors (Lipinski definition) is 2. The lowest BCUT2D eigenvalue weighted by Crippen LogP contribution is -2.34. The van der Waals surface area contributed by atoms with Crippen LogP contribution >= 0.6 is 22.9 Å². The monoisotopic (exact) mass is 554 g/mol. The average molecular weight is 555 g/mol. The molecule has 2 N–H and O–H groups in total. The van der Waals surface area contributed by atoms with Gasteiger partial charge in [-0.15, -0.1) is 31.7 Å². The van der Waals surface area contributed by atoms with Crippen molar-refractivity contribution in [1.29, 1.82) is 0 Å². The molecule has 0 radical (unpaired) electrons. The zero-order valence-corrected chi connectivity index (χ0v) is 24.4. The summed E-state index contributed by atoms with van der Waals surface area (Å²) in [6.07, 6.45) is 0. The minimum absolute atomic E-state index is 0.149. The third kappa shape index (κ3) is 20.3. The van der Waals surface area contributed by atoms with Crippen molar-refractivity contribution in [3.05, 3.63) is 44.3 Å². The van der Waals surface area contributed by atoms with Gasteiger partial charge in [0.1, 0.15) is 20.8 Å². The van der Waals surface area contributed by atoms with E-state index < -0.39 is 0 Å². The normalized spacial score (nSPS) is 9.14. The van der Waals surface area contributed by atoms with E-state index in [0.29, 0.717) is 23.5 Å². The van der Waals surface area contributed by atoms with Gasteiger partial charge in [0.05, 0.1) is 6.67 Å². The van der Waals surface area contributed by atoms with E-state index in [4.69, 9.17) is 4.42 Å². The van der Waals surface area contributed by atoms with Gasteiger partial charge < -0.3 is 19.6 Å². The maximum absolute atomic E-state index is 10.2. The van der Waals surface area contributed by atoms with Crippen LogP contribution in [0.4, 0.5) is 0 Å². The van der Waals surface area contributed by atoms with Crippen LogP contribution in [0.3, 0.4) is 0 Å². The topological polar surface area (TPSA) is 188 Å². The lowest BCUT2D eigenvalue weighted by Gasteiger charge is -2.00. The van der Waals surface area contributed by atoms with Crippen LogP contribution in [0.2, 0.25) is 0 Å². The van der Waals surface area contributed by atoms with Gasteiger partial charge in [0.25, 0.3) is 0 Å². The molecule has 0 saturated heterocycles. The molecule has 2 amide bonds. The van der Waals surface area contributed by atoms with E-state index in [1.54, 1.807) is 39.0 Å². The fraction of sp³-hybridized carbons (Fsp3) is 0.524. The smallest absolute Gasteiger partial charge is 0.223 e. The molecule has 0 bridgehead atoms. The summed E-state index contributed by atoms with van der Waals surface area (Å²) in [7, 11) is 0. The van der Waals surface area contributed by atoms with E-state index in [1.807, 2.05) is 27.7 Å². The molecular weight excluding hydrogens is 520 g/mol. The van der Waals surface area contributed by atoms with Crippen molar-refractivity contribution in [3.8, 4) is 0 Å². The fourth-order valence-corrected chi connectivity index (χ4v) is 2.95. The Balaban J connectivity index is 0.000000439. The first-order valence-electron chi connectivity index (χ1n) is 10.8. The molecule has 0 fully saturated rings. The van der Waals surface area contributed by atoms with Crippen LogP contribution in [0.15, 0.2) is 8.94 Å². The summed E-state index contributed by atoms with van der Waals surface area (Å²) < 4.78 is 13.4. The first kappa shape index (κ1) is 33.3. The second kappa shape index (κ2) is 18.6. The summed E-state index contributed by atoms with van der Waals surface area (Å²) in [4.78, 5) is 28.2. The van der Waals surface area contributed by atoms with Crippen molar-refractivity contribution in [2.45, 2.75) is 69.2 Å². The van der Waals surface area contributed by atoms with Gasteiger partial charge in [0.15, 0.2) is 5.82 Å². The minimum Gasteiger partial charge on any atom is -0.426 e. The molecule has 0 aliphatic carbocycles. The van der Waals surface area contributed by atoms with Crippen LogP contribution in [0.5, 0.6) is 0 Å². The average Bonchev–Trinajstić information content (AvgIpc) is 3.56. The van der Waals surface area contributed by atoms with Gasteiger partial charge in [-0.1, -0.05) is 5.16 Å². The van der Waals surface area contributed by atoms with Gasteiger partial charge in [0, 0.05) is 34.6 Å². The van der Waals surface area contributed by atoms with Crippen LogP contribution in [0.25, 0.3) is 0 Å². The zero-order chi connectivity index (χ0) is 28.4. The van der Waals surface area contributed by atoms with E-state index in [9.17, 15) is 9.59 Å². The molecule has 4 aromatic heterocycles. The highest BCUT2D eigenvalue weighted by molar-refractivity contribution is 7.11. The molecule has 0 aromatic carbocycles. The van der Waals surface area contributed by atoms with Crippen molar-refractivity contribution < 1.29 is 18.5 Å². The van der Waals surface area contributed by atoms with Gasteiger partial charge in [0.2, 0.25) is 29.5 Å². The first-order chi connectivity index (χ1) is 17.3. The highest BCUT2D eigenvalue weighted by Crippen LogP contribution is 2.04. The number of carbonyl (C=O) groups is 2. The van der Waals surface area contributed by atoms with E-state index in [0.717, 1.165) is 20.8 Å². The highest BCUT2D eigenvalue weighted by Gasteiger charge is 1.91. The summed E-state index contributed by atoms with van der Waals surface area (Å²) in [5.41, 5.74) is 0. The molecular formula is C21H34N10O4S2. The number of aromatic nitrogens is 8. The predicted octanol–water partition coefficient (Wildman–Crippen LogP) is 2.90. The van der Waals surface area contributed by atoms with Gasteiger partial charge in [-0.05, 0) is 46.2 Å². The Morgan fingerprint density at radius 1 is 0.703 bits per heavy atom. The Labute approximate surface area is 223 Å². The van der Waals surface area contributed by atoms with Crippen molar-refractivity contribution in [3.63, 3.8) is 0 Å². The third-order valence-corrected chi connectivity index (χ3v) is 4.65. The first-order valence-corrected chi connectivity index (χ1v) is 12.4. The number of rotatable bonds is 2. The highest BCUT2D eigenvalue weighted by atomic mass is 32.1. The number of carbonyl (C=O) groups excluding carboxylic acids is 2. The lowest BCUT2D eigenvalue weighted by atomic mass is 10.7. The summed E-state index contributed by atoms with van der Waals surface area (Å²) in [6.45, 7) is 17.8. The molecule has 37 heavy (non-hydrogen) atoms. The summed E-state index contributed by atoms with van der Waals surface area (Å²) in [5, 5.41) is 26.2. The van der Waals surface area contributed by atoms with E-state index >= 15 is 0 Å². The Hall–Kier alpha value is -3.66. The second-order valence-corrected chi connectivity index (χ2v) is 9.39. The molecule has 0 atom stereocenters. The molecule has 204 valence electrons. The van der Waals surface area contributed by atoms with Crippen LogP contribution in [-0.4, -0.2) is 58.4 Å². The Bertz CT molecular complexity index is 953. The Kier molecular flexibility index (Phi) is 16.7. The van der Waals surface area contributed by atoms with Crippen molar-refractivity contribution >= 4 is 34.7 Å². The van der Waals surface area contributed by atoms with Crippen molar-refractivity contribution in [2.24, 2.45) is 0 Å². The largest absolute Gasteiger partial charge is 0.426 e. The molecule has 16 heteroatoms. The summed E-state index contributed by atoms with van der Waals surface area (Å²) in [5.74, 6) is 3.14. The number of amides is 2. The molecule has 0 spiro atoms.